The molecule has 4 heteroatoms. The van der Waals surface area contributed by atoms with Crippen molar-refractivity contribution >= 4 is 5.91 Å². The molecule has 23 heavy (non-hydrogen) atoms. The molecule has 4 nitrogen and oxygen atoms in total. The molecule has 1 aromatic carbocycles. The first kappa shape index (κ1) is 17.8. The van der Waals surface area contributed by atoms with Crippen LogP contribution in [-0.4, -0.2) is 36.0 Å². The van der Waals surface area contributed by atoms with Crippen molar-refractivity contribution in [3.63, 3.8) is 0 Å². The van der Waals surface area contributed by atoms with Gasteiger partial charge < -0.3 is 15.4 Å². The maximum absolute atomic E-state index is 12.8. The molecular formula is C19H30N2O2. The van der Waals surface area contributed by atoms with Crippen LogP contribution in [0.3, 0.4) is 0 Å². The number of carbonyl (C=O) groups excluding carboxylic acids is 1. The van der Waals surface area contributed by atoms with Crippen molar-refractivity contribution in [2.24, 2.45) is 5.73 Å². The second-order valence-electron chi connectivity index (χ2n) is 6.87. The van der Waals surface area contributed by atoms with E-state index in [4.69, 9.17) is 10.5 Å². The molecule has 2 atom stereocenters. The lowest BCUT2D eigenvalue weighted by molar-refractivity contribution is -0.141. The summed E-state index contributed by atoms with van der Waals surface area (Å²) in [5.41, 5.74) is 8.12. The van der Waals surface area contributed by atoms with Gasteiger partial charge >= 0.3 is 0 Å². The fourth-order valence-electron chi connectivity index (χ4n) is 3.23. The second-order valence-corrected chi connectivity index (χ2v) is 6.87. The minimum Gasteiger partial charge on any atom is -0.481 e. The molecule has 0 bridgehead atoms. The van der Waals surface area contributed by atoms with Crippen molar-refractivity contribution in [1.82, 2.24) is 4.90 Å². The lowest BCUT2D eigenvalue weighted by Gasteiger charge is -2.36. The van der Waals surface area contributed by atoms with Crippen LogP contribution in [0.25, 0.3) is 0 Å². The highest BCUT2D eigenvalue weighted by Crippen LogP contribution is 2.29. The molecule has 1 amide bonds. The fourth-order valence-corrected chi connectivity index (χ4v) is 3.23. The van der Waals surface area contributed by atoms with Crippen molar-refractivity contribution < 1.29 is 9.53 Å². The highest BCUT2D eigenvalue weighted by atomic mass is 16.5. The molecule has 1 fully saturated rings. The van der Waals surface area contributed by atoms with E-state index in [1.807, 2.05) is 24.8 Å². The monoisotopic (exact) mass is 318 g/mol. The summed E-state index contributed by atoms with van der Waals surface area (Å²) in [4.78, 5) is 14.7. The van der Waals surface area contributed by atoms with Gasteiger partial charge in [0, 0.05) is 19.1 Å². The number of aryl methyl sites for hydroxylation is 1. The van der Waals surface area contributed by atoms with Crippen LogP contribution < -0.4 is 10.5 Å². The molecule has 0 aliphatic carbocycles. The Balaban J connectivity index is 2.13. The minimum absolute atomic E-state index is 0.0522. The Bertz CT molecular complexity index is 542. The van der Waals surface area contributed by atoms with Gasteiger partial charge in [0.15, 0.2) is 6.10 Å². The number of carbonyl (C=O) groups is 1. The molecule has 1 aliphatic rings. The minimum atomic E-state index is -0.485. The van der Waals surface area contributed by atoms with Gasteiger partial charge in [-0.1, -0.05) is 26.0 Å². The summed E-state index contributed by atoms with van der Waals surface area (Å²) < 4.78 is 6.06. The van der Waals surface area contributed by atoms with Crippen molar-refractivity contribution in [2.75, 3.05) is 13.1 Å². The van der Waals surface area contributed by atoms with E-state index in [0.717, 1.165) is 42.7 Å². The molecule has 0 saturated carbocycles. The average Bonchev–Trinajstić information content (AvgIpc) is 2.53. The maximum Gasteiger partial charge on any atom is 0.263 e. The van der Waals surface area contributed by atoms with Gasteiger partial charge in [-0.3, -0.25) is 4.79 Å². The predicted molar refractivity (Wildman–Crippen MR) is 93.8 cm³/mol. The Morgan fingerprint density at radius 3 is 2.74 bits per heavy atom. The zero-order valence-electron chi connectivity index (χ0n) is 14.8. The van der Waals surface area contributed by atoms with E-state index in [0.29, 0.717) is 12.5 Å². The molecule has 1 saturated heterocycles. The standard InChI is InChI=1S/C19H30N2O2/c1-13(2)17-9-8-14(3)11-18(17)23-15(4)19(22)21-10-6-5-7-16(21)12-20/h8-9,11,13,15-16H,5-7,10,12,20H2,1-4H3. The Morgan fingerprint density at radius 2 is 2.09 bits per heavy atom. The van der Waals surface area contributed by atoms with Crippen LogP contribution in [0.15, 0.2) is 18.2 Å². The Morgan fingerprint density at radius 1 is 1.35 bits per heavy atom. The summed E-state index contributed by atoms with van der Waals surface area (Å²) in [6, 6.07) is 6.36. The van der Waals surface area contributed by atoms with E-state index < -0.39 is 6.10 Å². The van der Waals surface area contributed by atoms with Crippen LogP contribution in [-0.2, 0) is 4.79 Å². The third kappa shape index (κ3) is 4.25. The summed E-state index contributed by atoms with van der Waals surface area (Å²) in [6.45, 7) is 9.48. The summed E-state index contributed by atoms with van der Waals surface area (Å²) in [6.07, 6.45) is 2.71. The zero-order chi connectivity index (χ0) is 17.0. The molecule has 128 valence electrons. The van der Waals surface area contributed by atoms with Crippen molar-refractivity contribution in [2.45, 2.75) is 65.0 Å². The summed E-state index contributed by atoms with van der Waals surface area (Å²) >= 11 is 0. The van der Waals surface area contributed by atoms with E-state index in [-0.39, 0.29) is 11.9 Å². The number of piperidine rings is 1. The van der Waals surface area contributed by atoms with Crippen LogP contribution >= 0.6 is 0 Å². The van der Waals surface area contributed by atoms with Gasteiger partial charge in [-0.25, -0.2) is 0 Å². The summed E-state index contributed by atoms with van der Waals surface area (Å²) in [7, 11) is 0. The van der Waals surface area contributed by atoms with Gasteiger partial charge in [-0.2, -0.15) is 0 Å². The van der Waals surface area contributed by atoms with E-state index >= 15 is 0 Å². The maximum atomic E-state index is 12.8. The van der Waals surface area contributed by atoms with E-state index in [9.17, 15) is 4.79 Å². The molecule has 2 N–H and O–H groups in total. The number of hydrogen-bond acceptors (Lipinski definition) is 3. The molecule has 0 spiro atoms. The van der Waals surface area contributed by atoms with Gasteiger partial charge in [0.1, 0.15) is 5.75 Å². The first-order valence-corrected chi connectivity index (χ1v) is 8.71. The van der Waals surface area contributed by atoms with Gasteiger partial charge in [-0.05, 0) is 56.2 Å². The second kappa shape index (κ2) is 7.82. The van der Waals surface area contributed by atoms with Crippen LogP contribution in [0, 0.1) is 6.92 Å². The Kier molecular flexibility index (Phi) is 6.05. The third-order valence-corrected chi connectivity index (χ3v) is 4.62. The number of amides is 1. The average molecular weight is 318 g/mol. The van der Waals surface area contributed by atoms with Gasteiger partial charge in [0.05, 0.1) is 0 Å². The Labute approximate surface area is 140 Å². The lowest BCUT2D eigenvalue weighted by Crippen LogP contribution is -2.51. The van der Waals surface area contributed by atoms with Gasteiger partial charge in [0.25, 0.3) is 5.91 Å². The highest BCUT2D eigenvalue weighted by molar-refractivity contribution is 5.81. The SMILES string of the molecule is Cc1ccc(C(C)C)c(OC(C)C(=O)N2CCCCC2CN)c1. The topological polar surface area (TPSA) is 55.6 Å². The van der Waals surface area contributed by atoms with Crippen molar-refractivity contribution in [1.29, 1.82) is 0 Å². The normalized spacial score (nSPS) is 19.7. The number of nitrogens with zero attached hydrogens (tertiary/aromatic N) is 1. The molecule has 1 aliphatic heterocycles. The van der Waals surface area contributed by atoms with Crippen LogP contribution in [0.2, 0.25) is 0 Å². The van der Waals surface area contributed by atoms with Crippen LogP contribution in [0.4, 0.5) is 0 Å². The highest BCUT2D eigenvalue weighted by Gasteiger charge is 2.30. The molecule has 2 unspecified atom stereocenters. The van der Waals surface area contributed by atoms with Gasteiger partial charge in [-0.15, -0.1) is 0 Å². The number of likely N-dealkylation sites (tertiary alicyclic amines) is 1. The fraction of sp³-hybridized carbons (Fsp3) is 0.632. The van der Waals surface area contributed by atoms with Crippen LogP contribution in [0.1, 0.15) is 57.1 Å². The predicted octanol–water partition coefficient (Wildman–Crippen LogP) is 3.23. The molecule has 1 aromatic rings. The summed E-state index contributed by atoms with van der Waals surface area (Å²) in [5, 5.41) is 0. The number of rotatable bonds is 5. The molecule has 0 radical (unpaired) electrons. The van der Waals surface area contributed by atoms with Gasteiger partial charge in [0.2, 0.25) is 0 Å². The number of nitrogens with two attached hydrogens (primary N) is 1. The molecule has 0 aromatic heterocycles. The molecular weight excluding hydrogens is 288 g/mol. The van der Waals surface area contributed by atoms with Crippen molar-refractivity contribution in [3.8, 4) is 5.75 Å². The number of ether oxygens (including phenoxy) is 1. The third-order valence-electron chi connectivity index (χ3n) is 4.62. The number of benzene rings is 1. The van der Waals surface area contributed by atoms with Crippen molar-refractivity contribution in [3.05, 3.63) is 29.3 Å². The van der Waals surface area contributed by atoms with E-state index in [2.05, 4.69) is 26.0 Å². The zero-order valence-corrected chi connectivity index (χ0v) is 14.8. The smallest absolute Gasteiger partial charge is 0.263 e. The van der Waals surface area contributed by atoms with E-state index in [1.165, 1.54) is 0 Å². The number of hydrogen-bond donors (Lipinski definition) is 1. The molecule has 2 rings (SSSR count). The first-order valence-electron chi connectivity index (χ1n) is 8.71. The van der Waals surface area contributed by atoms with Crippen LogP contribution in [0.5, 0.6) is 5.75 Å². The lowest BCUT2D eigenvalue weighted by atomic mass is 10.00. The van der Waals surface area contributed by atoms with E-state index in [1.54, 1.807) is 0 Å². The first-order chi connectivity index (χ1) is 10.9. The molecule has 1 heterocycles. The largest absolute Gasteiger partial charge is 0.481 e. The quantitative estimate of drug-likeness (QED) is 0.907. The Hall–Kier alpha value is -1.55. The summed E-state index contributed by atoms with van der Waals surface area (Å²) in [5.74, 6) is 1.23.